The van der Waals surface area contributed by atoms with Crippen LogP contribution >= 0.6 is 11.3 Å². The molecule has 2 bridgehead atoms. The number of ether oxygens (including phenoxy) is 1. The van der Waals surface area contributed by atoms with Crippen molar-refractivity contribution in [3.63, 3.8) is 0 Å². The van der Waals surface area contributed by atoms with Crippen LogP contribution in [0, 0.1) is 5.92 Å². The first kappa shape index (κ1) is 21.5. The SMILES string of the molecule is O=C(N[C@@H]1CC[C@@]2(O)[C@H]3Cc4ccc(O)c5c4[C@@]2(CCN3CC2CC2)[C@H]1O5)c1cc2ccccc2s1. The van der Waals surface area contributed by atoms with Crippen LogP contribution in [-0.2, 0) is 11.8 Å². The van der Waals surface area contributed by atoms with Gasteiger partial charge in [0.05, 0.1) is 21.9 Å². The minimum absolute atomic E-state index is 0.0418. The summed E-state index contributed by atoms with van der Waals surface area (Å²) in [5.41, 5.74) is 0.626. The molecule has 0 radical (unpaired) electrons. The van der Waals surface area contributed by atoms with Gasteiger partial charge >= 0.3 is 0 Å². The third-order valence-corrected chi connectivity index (χ3v) is 10.8. The fourth-order valence-electron chi connectivity index (χ4n) is 7.96. The molecule has 3 fully saturated rings. The van der Waals surface area contributed by atoms with Crippen LogP contribution < -0.4 is 10.1 Å². The molecule has 7 heteroatoms. The number of fused-ring (bicyclic) bond motifs is 1. The van der Waals surface area contributed by atoms with E-state index in [1.54, 1.807) is 6.07 Å². The van der Waals surface area contributed by atoms with Crippen molar-refractivity contribution in [2.75, 3.05) is 13.1 Å². The van der Waals surface area contributed by atoms with Gasteiger partial charge in [-0.3, -0.25) is 9.69 Å². The highest BCUT2D eigenvalue weighted by atomic mass is 32.1. The lowest BCUT2D eigenvalue weighted by Crippen LogP contribution is -2.78. The van der Waals surface area contributed by atoms with Gasteiger partial charge in [-0.15, -0.1) is 11.3 Å². The molecule has 5 atom stereocenters. The van der Waals surface area contributed by atoms with Crippen LogP contribution in [0.3, 0.4) is 0 Å². The first-order chi connectivity index (χ1) is 17.5. The minimum Gasteiger partial charge on any atom is -0.504 e. The maximum atomic E-state index is 13.4. The molecule has 3 aliphatic carbocycles. The summed E-state index contributed by atoms with van der Waals surface area (Å²) in [6, 6.07) is 13.6. The van der Waals surface area contributed by atoms with E-state index in [4.69, 9.17) is 4.74 Å². The van der Waals surface area contributed by atoms with Crippen LogP contribution in [0.4, 0.5) is 0 Å². The molecule has 0 unspecified atom stereocenters. The lowest BCUT2D eigenvalue weighted by atomic mass is 9.48. The normalized spacial score (nSPS) is 34.3. The Morgan fingerprint density at radius 2 is 2.03 bits per heavy atom. The second-order valence-corrected chi connectivity index (χ2v) is 12.6. The predicted molar refractivity (Wildman–Crippen MR) is 138 cm³/mol. The number of phenolic OH excluding ortho intramolecular Hbond substituents is 1. The van der Waals surface area contributed by atoms with Gasteiger partial charge in [-0.05, 0) is 80.1 Å². The lowest BCUT2D eigenvalue weighted by Gasteiger charge is -2.64. The molecule has 3 N–H and O–H groups in total. The number of aromatic hydroxyl groups is 1. The van der Waals surface area contributed by atoms with E-state index in [2.05, 4.69) is 10.2 Å². The van der Waals surface area contributed by atoms with Gasteiger partial charge in [0.1, 0.15) is 6.10 Å². The van der Waals surface area contributed by atoms with Crippen molar-refractivity contribution in [2.45, 2.75) is 67.7 Å². The molecule has 1 amide bonds. The van der Waals surface area contributed by atoms with Gasteiger partial charge in [-0.1, -0.05) is 24.3 Å². The number of aliphatic hydroxyl groups is 1. The molecule has 1 spiro atoms. The fourth-order valence-corrected chi connectivity index (χ4v) is 8.93. The summed E-state index contributed by atoms with van der Waals surface area (Å²) in [6.07, 6.45) is 5.00. The average molecular weight is 503 g/mol. The molecule has 1 saturated heterocycles. The topological polar surface area (TPSA) is 82.0 Å². The van der Waals surface area contributed by atoms with Crippen LogP contribution in [0.2, 0.25) is 0 Å². The van der Waals surface area contributed by atoms with Gasteiger partial charge in [0, 0.05) is 22.8 Å². The first-order valence-corrected chi connectivity index (χ1v) is 14.1. The Bertz CT molecular complexity index is 1380. The van der Waals surface area contributed by atoms with Crippen LogP contribution in [0.15, 0.2) is 42.5 Å². The number of nitrogens with zero attached hydrogens (tertiary/aromatic N) is 1. The Hall–Kier alpha value is -2.61. The van der Waals surface area contributed by atoms with Crippen LogP contribution in [0.1, 0.15) is 52.9 Å². The van der Waals surface area contributed by atoms with Crippen LogP contribution in [-0.4, -0.2) is 57.9 Å². The number of rotatable bonds is 4. The average Bonchev–Trinajstić information content (AvgIpc) is 3.45. The van der Waals surface area contributed by atoms with E-state index < -0.39 is 17.1 Å². The molecule has 186 valence electrons. The quantitative estimate of drug-likeness (QED) is 0.503. The maximum Gasteiger partial charge on any atom is 0.261 e. The third-order valence-electron chi connectivity index (χ3n) is 9.73. The molecule has 2 aliphatic heterocycles. The van der Waals surface area contributed by atoms with Crippen molar-refractivity contribution < 1.29 is 19.7 Å². The summed E-state index contributed by atoms with van der Waals surface area (Å²) in [5, 5.41) is 27.7. The second-order valence-electron chi connectivity index (χ2n) is 11.6. The largest absolute Gasteiger partial charge is 0.504 e. The van der Waals surface area contributed by atoms with Gasteiger partial charge in [0.2, 0.25) is 0 Å². The third kappa shape index (κ3) is 2.71. The van der Waals surface area contributed by atoms with Gasteiger partial charge < -0.3 is 20.3 Å². The molecule has 3 heterocycles. The molecule has 3 aromatic rings. The van der Waals surface area contributed by atoms with Crippen molar-refractivity contribution in [1.82, 2.24) is 10.2 Å². The van der Waals surface area contributed by atoms with Gasteiger partial charge in [-0.2, -0.15) is 0 Å². The molecule has 2 saturated carbocycles. The maximum absolute atomic E-state index is 13.4. The van der Waals surface area contributed by atoms with Crippen molar-refractivity contribution in [3.8, 4) is 11.5 Å². The van der Waals surface area contributed by atoms with Crippen molar-refractivity contribution in [3.05, 3.63) is 58.5 Å². The summed E-state index contributed by atoms with van der Waals surface area (Å²) in [5.74, 6) is 1.32. The molecule has 5 aliphatic rings. The summed E-state index contributed by atoms with van der Waals surface area (Å²) in [6.45, 7) is 1.97. The first-order valence-electron chi connectivity index (χ1n) is 13.3. The number of amides is 1. The van der Waals surface area contributed by atoms with E-state index in [1.807, 2.05) is 36.4 Å². The van der Waals surface area contributed by atoms with Gasteiger partial charge in [0.15, 0.2) is 11.5 Å². The molecule has 2 aromatic carbocycles. The lowest BCUT2D eigenvalue weighted by molar-refractivity contribution is -0.191. The number of nitrogens with one attached hydrogen (secondary N) is 1. The number of carbonyl (C=O) groups excluding carboxylic acids is 1. The zero-order chi connectivity index (χ0) is 24.2. The fraction of sp³-hybridized carbons (Fsp3) is 0.483. The Kier molecular flexibility index (Phi) is 4.32. The van der Waals surface area contributed by atoms with Crippen molar-refractivity contribution in [1.29, 1.82) is 0 Å². The molecule has 6 nitrogen and oxygen atoms in total. The van der Waals surface area contributed by atoms with E-state index in [1.165, 1.54) is 29.7 Å². The second kappa shape index (κ2) is 7.24. The smallest absolute Gasteiger partial charge is 0.261 e. The van der Waals surface area contributed by atoms with Gasteiger partial charge in [-0.25, -0.2) is 0 Å². The van der Waals surface area contributed by atoms with E-state index >= 15 is 0 Å². The minimum atomic E-state index is -0.935. The number of carbonyl (C=O) groups is 1. The molecular formula is C29H30N2O4S. The number of likely N-dealkylation sites (tertiary alicyclic amines) is 1. The number of phenols is 1. The van der Waals surface area contributed by atoms with Crippen molar-refractivity contribution >= 4 is 27.3 Å². The highest BCUT2D eigenvalue weighted by molar-refractivity contribution is 7.20. The molecule has 8 rings (SSSR count). The van der Waals surface area contributed by atoms with E-state index in [0.29, 0.717) is 23.5 Å². The summed E-state index contributed by atoms with van der Waals surface area (Å²) in [7, 11) is 0. The molecule has 36 heavy (non-hydrogen) atoms. The zero-order valence-electron chi connectivity index (χ0n) is 20.1. The summed E-state index contributed by atoms with van der Waals surface area (Å²) < 4.78 is 7.67. The Morgan fingerprint density at radius 1 is 1.17 bits per heavy atom. The Morgan fingerprint density at radius 3 is 2.86 bits per heavy atom. The van der Waals surface area contributed by atoms with Gasteiger partial charge in [0.25, 0.3) is 5.91 Å². The molecule has 1 aromatic heterocycles. The van der Waals surface area contributed by atoms with E-state index in [-0.39, 0.29) is 23.7 Å². The zero-order valence-corrected chi connectivity index (χ0v) is 20.9. The highest BCUT2D eigenvalue weighted by Crippen LogP contribution is 2.65. The highest BCUT2D eigenvalue weighted by Gasteiger charge is 2.73. The number of hydrogen-bond donors (Lipinski definition) is 3. The number of benzene rings is 2. The number of piperidine rings is 1. The standard InChI is InChI=1S/C29H30N2O4S/c32-20-8-7-18-14-23-29(34)10-9-19(30-27(33)22-13-17-3-1-2-4-21(17)36-22)26-28(29,24(18)25(20)35-26)11-12-31(23)15-16-5-6-16/h1-4,7-8,13,16,19,23,26,32,34H,5-6,9-12,14-15H2,(H,30,33)/t19-,23-,26+,28+,29-/m1/s1. The molecular weight excluding hydrogens is 472 g/mol. The van der Waals surface area contributed by atoms with Crippen LogP contribution in [0.5, 0.6) is 11.5 Å². The van der Waals surface area contributed by atoms with E-state index in [0.717, 1.165) is 47.5 Å². The summed E-state index contributed by atoms with van der Waals surface area (Å²) in [4.78, 5) is 16.6. The Balaban J connectivity index is 1.18. The number of thiophene rings is 1. The number of hydrogen-bond acceptors (Lipinski definition) is 6. The van der Waals surface area contributed by atoms with Crippen LogP contribution in [0.25, 0.3) is 10.1 Å². The Labute approximate surface area is 213 Å². The van der Waals surface area contributed by atoms with E-state index in [9.17, 15) is 15.0 Å². The van der Waals surface area contributed by atoms with Crippen molar-refractivity contribution in [2.24, 2.45) is 5.92 Å². The predicted octanol–water partition coefficient (Wildman–Crippen LogP) is 3.97. The summed E-state index contributed by atoms with van der Waals surface area (Å²) >= 11 is 1.50. The monoisotopic (exact) mass is 502 g/mol.